The van der Waals surface area contributed by atoms with E-state index in [1.807, 2.05) is 41.8 Å². The summed E-state index contributed by atoms with van der Waals surface area (Å²) in [4.78, 5) is 4.51. The third-order valence-corrected chi connectivity index (χ3v) is 5.02. The molecule has 3 nitrogen and oxygen atoms in total. The molecule has 5 rings (SSSR count). The first-order valence-electron chi connectivity index (χ1n) is 11.7. The Kier molecular flexibility index (Phi) is 2.18. The predicted octanol–water partition coefficient (Wildman–Crippen LogP) is 5.11. The Morgan fingerprint density at radius 1 is 1.31 bits per heavy atom. The van der Waals surface area contributed by atoms with Gasteiger partial charge in [-0.3, -0.25) is 0 Å². The van der Waals surface area contributed by atoms with Crippen LogP contribution in [-0.2, 0) is 12.9 Å². The number of aromatic nitrogens is 2. The van der Waals surface area contributed by atoms with Crippen LogP contribution < -0.4 is 4.57 Å². The molecule has 3 aromatic heterocycles. The molecule has 1 aliphatic rings. The second-order valence-electron chi connectivity index (χ2n) is 7.02. The Morgan fingerprint density at radius 2 is 2.15 bits per heavy atom. The van der Waals surface area contributed by atoms with Gasteiger partial charge in [-0.2, -0.15) is 4.57 Å². The average molecular weight is 349 g/mol. The van der Waals surface area contributed by atoms with Crippen molar-refractivity contribution in [1.82, 2.24) is 4.98 Å². The molecular weight excluding hydrogens is 320 g/mol. The Labute approximate surface area is 161 Å². The van der Waals surface area contributed by atoms with E-state index in [1.54, 1.807) is 13.1 Å². The Hall–Kier alpha value is -2.68. The van der Waals surface area contributed by atoms with Crippen LogP contribution >= 0.6 is 0 Å². The standard InChI is InChI=1S/C23H23N2O/c1-13(2)9-17-12-25-11-16-6-8-18-19-7-5-15(4)24-23(19)26-22(18)21(16)20(25)10-14(17)3/h5-8,10,12-13H,9,11H2,1-4H3/q+1/i1D3,9D2,13D. The fraction of sp³-hybridized carbons (Fsp3) is 0.304. The van der Waals surface area contributed by atoms with Gasteiger partial charge in [0.25, 0.3) is 0 Å². The lowest BCUT2D eigenvalue weighted by molar-refractivity contribution is -0.672. The molecule has 0 saturated carbocycles. The highest BCUT2D eigenvalue weighted by Gasteiger charge is 2.31. The molecular formula is C23H23N2O+. The van der Waals surface area contributed by atoms with E-state index in [2.05, 4.69) is 4.98 Å². The molecule has 0 N–H and O–H groups in total. The topological polar surface area (TPSA) is 29.9 Å². The van der Waals surface area contributed by atoms with Gasteiger partial charge in [-0.15, -0.1) is 0 Å². The van der Waals surface area contributed by atoms with E-state index in [0.29, 0.717) is 17.8 Å². The normalized spacial score (nSPS) is 19.7. The van der Waals surface area contributed by atoms with Gasteiger partial charge in [0, 0.05) is 41.9 Å². The van der Waals surface area contributed by atoms with Crippen molar-refractivity contribution in [2.75, 3.05) is 0 Å². The highest BCUT2D eigenvalue weighted by atomic mass is 16.3. The van der Waals surface area contributed by atoms with Gasteiger partial charge in [0.05, 0.1) is 5.56 Å². The maximum Gasteiger partial charge on any atom is 0.227 e. The summed E-state index contributed by atoms with van der Waals surface area (Å²) >= 11 is 0. The van der Waals surface area contributed by atoms with E-state index in [0.717, 1.165) is 45.8 Å². The summed E-state index contributed by atoms with van der Waals surface area (Å²) in [5.41, 5.74) is 5.86. The lowest BCUT2D eigenvalue weighted by Gasteiger charge is -2.07. The van der Waals surface area contributed by atoms with Crippen molar-refractivity contribution in [3.8, 4) is 11.3 Å². The number of nitrogens with zero attached hydrogens (tertiary/aromatic N) is 2. The van der Waals surface area contributed by atoms with Crippen LogP contribution in [0.15, 0.2) is 40.9 Å². The van der Waals surface area contributed by atoms with E-state index in [1.165, 1.54) is 0 Å². The Morgan fingerprint density at radius 3 is 3.00 bits per heavy atom. The van der Waals surface area contributed by atoms with Crippen LogP contribution in [-0.4, -0.2) is 4.98 Å². The quantitative estimate of drug-likeness (QED) is 0.414. The molecule has 130 valence electrons. The van der Waals surface area contributed by atoms with E-state index in [4.69, 9.17) is 12.6 Å². The van der Waals surface area contributed by atoms with Crippen LogP contribution in [0.25, 0.3) is 33.3 Å². The highest BCUT2D eigenvalue weighted by Crippen LogP contribution is 2.39. The molecule has 0 spiro atoms. The van der Waals surface area contributed by atoms with E-state index in [-0.39, 0.29) is 5.56 Å². The van der Waals surface area contributed by atoms with Crippen molar-refractivity contribution >= 4 is 22.1 Å². The van der Waals surface area contributed by atoms with Crippen molar-refractivity contribution in [3.63, 3.8) is 0 Å². The summed E-state index contributed by atoms with van der Waals surface area (Å²) in [6.45, 7) is 2.54. The second-order valence-corrected chi connectivity index (χ2v) is 7.02. The second kappa shape index (κ2) is 5.41. The molecule has 4 heterocycles. The summed E-state index contributed by atoms with van der Waals surface area (Å²) in [6.07, 6.45) is -0.727. The Bertz CT molecular complexity index is 1420. The molecule has 1 aliphatic heterocycles. The van der Waals surface area contributed by atoms with Crippen LogP contribution in [0.3, 0.4) is 0 Å². The summed E-state index contributed by atoms with van der Waals surface area (Å²) in [5.74, 6) is -2.31. The van der Waals surface area contributed by atoms with Crippen molar-refractivity contribution in [2.24, 2.45) is 5.89 Å². The molecule has 0 amide bonds. The zero-order valence-electron chi connectivity index (χ0n) is 21.0. The Balaban J connectivity index is 1.72. The third-order valence-electron chi connectivity index (χ3n) is 5.02. The van der Waals surface area contributed by atoms with Gasteiger partial charge in [-0.05, 0) is 49.9 Å². The van der Waals surface area contributed by atoms with Gasteiger partial charge in [0.1, 0.15) is 0 Å². The third kappa shape index (κ3) is 2.20. The average Bonchev–Trinajstić information content (AvgIpc) is 3.22. The van der Waals surface area contributed by atoms with Crippen LogP contribution in [0, 0.1) is 19.7 Å². The number of pyridine rings is 2. The molecule has 0 radical (unpaired) electrons. The molecule has 1 atom stereocenters. The smallest absolute Gasteiger partial charge is 0.227 e. The lowest BCUT2D eigenvalue weighted by atomic mass is 9.98. The zero-order valence-corrected chi connectivity index (χ0v) is 15.0. The minimum absolute atomic E-state index is 0.209. The van der Waals surface area contributed by atoms with Crippen molar-refractivity contribution in [3.05, 3.63) is 58.9 Å². The highest BCUT2D eigenvalue weighted by molar-refractivity contribution is 6.09. The molecule has 0 fully saturated rings. The minimum Gasteiger partial charge on any atom is -0.437 e. The summed E-state index contributed by atoms with van der Waals surface area (Å²) in [6, 6.07) is 9.88. The molecule has 26 heavy (non-hydrogen) atoms. The van der Waals surface area contributed by atoms with Gasteiger partial charge in [0.2, 0.25) is 11.4 Å². The van der Waals surface area contributed by atoms with Crippen LogP contribution in [0.2, 0.25) is 0 Å². The number of benzene rings is 1. The van der Waals surface area contributed by atoms with Crippen LogP contribution in [0.4, 0.5) is 0 Å². The van der Waals surface area contributed by atoms with Gasteiger partial charge < -0.3 is 4.42 Å². The monoisotopic (exact) mass is 349 g/mol. The van der Waals surface area contributed by atoms with Crippen LogP contribution in [0.1, 0.15) is 44.4 Å². The van der Waals surface area contributed by atoms with E-state index < -0.39 is 19.1 Å². The fourth-order valence-electron chi connectivity index (χ4n) is 3.82. The van der Waals surface area contributed by atoms with Gasteiger partial charge >= 0.3 is 0 Å². The van der Waals surface area contributed by atoms with Gasteiger partial charge in [0.15, 0.2) is 18.3 Å². The summed E-state index contributed by atoms with van der Waals surface area (Å²) < 4.78 is 56.7. The minimum atomic E-state index is -2.78. The number of hydrogen-bond donors (Lipinski definition) is 0. The predicted molar refractivity (Wildman–Crippen MR) is 104 cm³/mol. The van der Waals surface area contributed by atoms with Crippen LogP contribution in [0.5, 0.6) is 0 Å². The maximum atomic E-state index is 8.59. The molecule has 1 unspecified atom stereocenters. The largest absolute Gasteiger partial charge is 0.437 e. The van der Waals surface area contributed by atoms with Crippen molar-refractivity contribution in [2.45, 2.75) is 40.5 Å². The number of hydrogen-bond acceptors (Lipinski definition) is 2. The van der Waals surface area contributed by atoms with Crippen molar-refractivity contribution in [1.29, 1.82) is 0 Å². The number of furan rings is 1. The molecule has 0 saturated heterocycles. The molecule has 1 aromatic carbocycles. The number of fused-ring (bicyclic) bond motifs is 7. The number of aryl methyl sites for hydroxylation is 2. The summed E-state index contributed by atoms with van der Waals surface area (Å²) in [5, 5.41) is 1.91. The maximum absolute atomic E-state index is 8.59. The molecule has 0 bridgehead atoms. The first-order valence-corrected chi connectivity index (χ1v) is 8.69. The van der Waals surface area contributed by atoms with E-state index >= 15 is 0 Å². The van der Waals surface area contributed by atoms with Crippen molar-refractivity contribution < 1.29 is 17.2 Å². The van der Waals surface area contributed by atoms with Gasteiger partial charge in [-0.25, -0.2) is 4.98 Å². The first-order chi connectivity index (χ1) is 14.8. The van der Waals surface area contributed by atoms with E-state index in [9.17, 15) is 0 Å². The first kappa shape index (κ1) is 10.5. The fourth-order valence-corrected chi connectivity index (χ4v) is 3.82. The SMILES string of the molecule is [2H]C([2H])([2H])C([2H])(C)C([2H])([2H])c1c[n+]2c(cc1C)-c1c(ccc3c1oc1nc(C)ccc13)C2. The summed E-state index contributed by atoms with van der Waals surface area (Å²) in [7, 11) is 0. The zero-order chi connectivity index (χ0) is 23.2. The van der Waals surface area contributed by atoms with Gasteiger partial charge in [-0.1, -0.05) is 19.8 Å². The molecule has 3 heteroatoms. The molecule has 0 aliphatic carbocycles. The number of rotatable bonds is 2. The molecule has 4 aromatic rings. The lowest BCUT2D eigenvalue weighted by Crippen LogP contribution is -2.33.